The highest BCUT2D eigenvalue weighted by atomic mass is 16.5. The molecular formula is C14H13N3O4. The molecular weight excluding hydrogens is 274 g/mol. The van der Waals surface area contributed by atoms with Crippen LogP contribution >= 0.6 is 0 Å². The highest BCUT2D eigenvalue weighted by Gasteiger charge is 2.15. The van der Waals surface area contributed by atoms with Gasteiger partial charge in [0, 0.05) is 24.5 Å². The number of hydrogen-bond donors (Lipinski definition) is 0. The van der Waals surface area contributed by atoms with Gasteiger partial charge in [-0.1, -0.05) is 0 Å². The molecule has 7 nitrogen and oxygen atoms in total. The van der Waals surface area contributed by atoms with Gasteiger partial charge < -0.3 is 18.9 Å². The van der Waals surface area contributed by atoms with Crippen molar-refractivity contribution in [3.63, 3.8) is 0 Å². The Balaban J connectivity index is 2.43. The van der Waals surface area contributed by atoms with Crippen LogP contribution in [0.1, 0.15) is 5.69 Å². The van der Waals surface area contributed by atoms with Crippen LogP contribution in [0.5, 0.6) is 28.9 Å². The van der Waals surface area contributed by atoms with Gasteiger partial charge in [-0.05, 0) is 0 Å². The minimum Gasteiger partial charge on any atom is -0.493 e. The number of hydrogen-bond acceptors (Lipinski definition) is 7. The van der Waals surface area contributed by atoms with E-state index >= 15 is 0 Å². The molecule has 1 heterocycles. The lowest BCUT2D eigenvalue weighted by Gasteiger charge is -2.14. The van der Waals surface area contributed by atoms with E-state index in [0.717, 1.165) is 0 Å². The van der Waals surface area contributed by atoms with Crippen LogP contribution in [-0.4, -0.2) is 31.3 Å². The molecule has 0 unspecified atom stereocenters. The molecule has 1 aromatic heterocycles. The number of nitrogens with zero attached hydrogens (tertiary/aromatic N) is 3. The van der Waals surface area contributed by atoms with Gasteiger partial charge in [-0.15, -0.1) is 0 Å². The number of rotatable bonds is 5. The molecule has 2 rings (SSSR count). The van der Waals surface area contributed by atoms with Crippen molar-refractivity contribution in [3.8, 4) is 34.9 Å². The minimum atomic E-state index is 0.0891. The molecule has 0 aliphatic carbocycles. The molecule has 0 bridgehead atoms. The van der Waals surface area contributed by atoms with Gasteiger partial charge in [0.1, 0.15) is 11.8 Å². The van der Waals surface area contributed by atoms with Crippen LogP contribution in [0.2, 0.25) is 0 Å². The maximum absolute atomic E-state index is 8.98. The van der Waals surface area contributed by atoms with Crippen LogP contribution in [0.3, 0.4) is 0 Å². The lowest BCUT2D eigenvalue weighted by atomic mass is 10.2. The number of nitriles is 1. The van der Waals surface area contributed by atoms with Crippen molar-refractivity contribution in [2.24, 2.45) is 0 Å². The number of ether oxygens (including phenoxy) is 4. The van der Waals surface area contributed by atoms with Crippen molar-refractivity contribution >= 4 is 0 Å². The Kier molecular flexibility index (Phi) is 4.41. The molecule has 0 saturated heterocycles. The van der Waals surface area contributed by atoms with Gasteiger partial charge in [0.2, 0.25) is 11.4 Å². The number of methoxy groups -OCH3 is 3. The smallest absolute Gasteiger partial charge is 0.256 e. The predicted octanol–water partition coefficient (Wildman–Crippen LogP) is 2.17. The molecule has 21 heavy (non-hydrogen) atoms. The first-order valence-electron chi connectivity index (χ1n) is 5.92. The summed E-state index contributed by atoms with van der Waals surface area (Å²) in [5.74, 6) is 1.83. The van der Waals surface area contributed by atoms with Crippen molar-refractivity contribution < 1.29 is 18.9 Å². The van der Waals surface area contributed by atoms with E-state index in [2.05, 4.69) is 9.97 Å². The van der Waals surface area contributed by atoms with Crippen molar-refractivity contribution in [1.82, 2.24) is 9.97 Å². The largest absolute Gasteiger partial charge is 0.493 e. The van der Waals surface area contributed by atoms with Crippen LogP contribution in [0.25, 0.3) is 0 Å². The Bertz CT molecular complexity index is 657. The third-order valence-corrected chi connectivity index (χ3v) is 2.62. The summed E-state index contributed by atoms with van der Waals surface area (Å²) >= 11 is 0. The Labute approximate surface area is 121 Å². The van der Waals surface area contributed by atoms with Gasteiger partial charge in [0.15, 0.2) is 11.5 Å². The normalized spacial score (nSPS) is 9.62. The molecule has 0 fully saturated rings. The van der Waals surface area contributed by atoms with E-state index < -0.39 is 0 Å². The van der Waals surface area contributed by atoms with Gasteiger partial charge >= 0.3 is 0 Å². The third-order valence-electron chi connectivity index (χ3n) is 2.62. The molecule has 0 N–H and O–H groups in total. The molecule has 2 aromatic rings. The Hall–Kier alpha value is -3.01. The minimum absolute atomic E-state index is 0.0891. The van der Waals surface area contributed by atoms with Crippen molar-refractivity contribution in [3.05, 3.63) is 30.2 Å². The maximum Gasteiger partial charge on any atom is 0.256 e. The summed E-state index contributed by atoms with van der Waals surface area (Å²) in [5.41, 5.74) is 0.0891. The monoisotopic (exact) mass is 287 g/mol. The molecule has 7 heteroatoms. The van der Waals surface area contributed by atoms with Gasteiger partial charge in [-0.25, -0.2) is 9.97 Å². The molecule has 1 aromatic carbocycles. The van der Waals surface area contributed by atoms with Crippen LogP contribution in [0.15, 0.2) is 24.5 Å². The lowest BCUT2D eigenvalue weighted by molar-refractivity contribution is 0.320. The Morgan fingerprint density at radius 1 is 0.952 bits per heavy atom. The van der Waals surface area contributed by atoms with Crippen LogP contribution in [0.4, 0.5) is 0 Å². The molecule has 0 radical (unpaired) electrons. The Morgan fingerprint density at radius 3 is 2.10 bits per heavy atom. The fourth-order valence-electron chi connectivity index (χ4n) is 1.70. The Morgan fingerprint density at radius 2 is 1.57 bits per heavy atom. The summed E-state index contributed by atoms with van der Waals surface area (Å²) in [7, 11) is 4.52. The summed E-state index contributed by atoms with van der Waals surface area (Å²) in [5, 5.41) is 8.98. The number of aromatic nitrogens is 2. The summed E-state index contributed by atoms with van der Waals surface area (Å²) in [6, 6.07) is 5.13. The topological polar surface area (TPSA) is 86.5 Å². The maximum atomic E-state index is 8.98. The van der Waals surface area contributed by atoms with Gasteiger partial charge in [0.25, 0.3) is 5.88 Å². The summed E-state index contributed by atoms with van der Waals surface area (Å²) in [6.07, 6.45) is 2.86. The highest BCUT2D eigenvalue weighted by molar-refractivity contribution is 5.56. The van der Waals surface area contributed by atoms with Gasteiger partial charge in [-0.3, -0.25) is 0 Å². The first kappa shape index (κ1) is 14.4. The van der Waals surface area contributed by atoms with Crippen molar-refractivity contribution in [2.45, 2.75) is 0 Å². The molecule has 108 valence electrons. The summed E-state index contributed by atoms with van der Waals surface area (Å²) < 4.78 is 21.3. The number of benzene rings is 1. The van der Waals surface area contributed by atoms with Crippen LogP contribution < -0.4 is 18.9 Å². The quantitative estimate of drug-likeness (QED) is 0.832. The molecule has 0 amide bonds. The van der Waals surface area contributed by atoms with E-state index in [-0.39, 0.29) is 11.6 Å². The standard InChI is InChI=1S/C14H13N3O4/c1-18-11-6-9(7-12(19-2)13(11)20-3)21-14-10(8-15)16-4-5-17-14/h4-7H,1-3H3. The van der Waals surface area contributed by atoms with Crippen molar-refractivity contribution in [1.29, 1.82) is 5.26 Å². The second-order valence-electron chi connectivity index (χ2n) is 3.79. The van der Waals surface area contributed by atoms with Crippen LogP contribution in [0, 0.1) is 11.3 Å². The van der Waals surface area contributed by atoms with E-state index in [1.165, 1.54) is 33.7 Å². The second kappa shape index (κ2) is 6.43. The van der Waals surface area contributed by atoms with E-state index in [9.17, 15) is 0 Å². The average molecular weight is 287 g/mol. The summed E-state index contributed by atoms with van der Waals surface area (Å²) in [6.45, 7) is 0. The molecule has 0 aliphatic rings. The van der Waals surface area contributed by atoms with E-state index in [0.29, 0.717) is 23.0 Å². The SMILES string of the molecule is COc1cc(Oc2nccnc2C#N)cc(OC)c1OC. The molecule has 0 aliphatic heterocycles. The fraction of sp³-hybridized carbons (Fsp3) is 0.214. The average Bonchev–Trinajstić information content (AvgIpc) is 2.54. The molecule has 0 atom stereocenters. The first-order chi connectivity index (χ1) is 10.2. The molecule has 0 spiro atoms. The molecule has 0 saturated carbocycles. The predicted molar refractivity (Wildman–Crippen MR) is 72.9 cm³/mol. The highest BCUT2D eigenvalue weighted by Crippen LogP contribution is 2.41. The zero-order chi connectivity index (χ0) is 15.2. The zero-order valence-corrected chi connectivity index (χ0v) is 11.8. The van der Waals surface area contributed by atoms with E-state index in [1.807, 2.05) is 6.07 Å². The second-order valence-corrected chi connectivity index (χ2v) is 3.79. The lowest BCUT2D eigenvalue weighted by Crippen LogP contribution is -1.98. The zero-order valence-electron chi connectivity index (χ0n) is 11.8. The van der Waals surface area contributed by atoms with E-state index in [1.54, 1.807) is 12.1 Å². The van der Waals surface area contributed by atoms with E-state index in [4.69, 9.17) is 24.2 Å². The van der Waals surface area contributed by atoms with Crippen molar-refractivity contribution in [2.75, 3.05) is 21.3 Å². The van der Waals surface area contributed by atoms with Gasteiger partial charge in [-0.2, -0.15) is 5.26 Å². The third kappa shape index (κ3) is 2.95. The van der Waals surface area contributed by atoms with Crippen LogP contribution in [-0.2, 0) is 0 Å². The first-order valence-corrected chi connectivity index (χ1v) is 5.92. The van der Waals surface area contributed by atoms with Gasteiger partial charge in [0.05, 0.1) is 21.3 Å². The fourth-order valence-corrected chi connectivity index (χ4v) is 1.70. The summed E-state index contributed by atoms with van der Waals surface area (Å²) in [4.78, 5) is 7.85.